The van der Waals surface area contributed by atoms with Crippen molar-refractivity contribution < 1.29 is 19.1 Å². The second-order valence-corrected chi connectivity index (χ2v) is 10.6. The molecule has 3 aliphatic heterocycles. The molecule has 0 bridgehead atoms. The molecule has 3 aliphatic rings. The SMILES string of the molecule is CC(C)(C)OC(=O)NC1CCN(CC2CN(c3ccc(C4CCC(=O)NC4=O)cc3)C2)CC1. The van der Waals surface area contributed by atoms with Crippen molar-refractivity contribution in [2.45, 2.75) is 64.0 Å². The smallest absolute Gasteiger partial charge is 0.407 e. The van der Waals surface area contributed by atoms with Crippen molar-refractivity contribution in [1.29, 1.82) is 0 Å². The van der Waals surface area contributed by atoms with E-state index in [-0.39, 0.29) is 29.9 Å². The summed E-state index contributed by atoms with van der Waals surface area (Å²) in [6.07, 6.45) is 2.58. The second-order valence-electron chi connectivity index (χ2n) is 10.6. The predicted molar refractivity (Wildman–Crippen MR) is 126 cm³/mol. The first kappa shape index (κ1) is 23.5. The van der Waals surface area contributed by atoms with Crippen molar-refractivity contribution in [2.75, 3.05) is 37.6 Å². The molecule has 1 aromatic rings. The molecule has 1 atom stereocenters. The van der Waals surface area contributed by atoms with Crippen molar-refractivity contribution in [1.82, 2.24) is 15.5 Å². The molecular formula is C25H36N4O4. The van der Waals surface area contributed by atoms with Crippen molar-refractivity contribution in [3.05, 3.63) is 29.8 Å². The first-order valence-corrected chi connectivity index (χ1v) is 12.1. The van der Waals surface area contributed by atoms with E-state index in [1.165, 1.54) is 5.69 Å². The van der Waals surface area contributed by atoms with E-state index in [1.54, 1.807) is 0 Å². The van der Waals surface area contributed by atoms with Gasteiger partial charge in [0.1, 0.15) is 5.60 Å². The predicted octanol–water partition coefficient (Wildman–Crippen LogP) is 2.63. The summed E-state index contributed by atoms with van der Waals surface area (Å²) in [6.45, 7) is 10.8. The zero-order valence-electron chi connectivity index (χ0n) is 19.9. The van der Waals surface area contributed by atoms with Crippen LogP contribution in [0, 0.1) is 5.92 Å². The van der Waals surface area contributed by atoms with Gasteiger partial charge < -0.3 is 19.9 Å². The molecular weight excluding hydrogens is 420 g/mol. The summed E-state index contributed by atoms with van der Waals surface area (Å²) in [5, 5.41) is 5.43. The molecule has 3 amide bonds. The molecule has 0 aliphatic carbocycles. The summed E-state index contributed by atoms with van der Waals surface area (Å²) in [7, 11) is 0. The van der Waals surface area contributed by atoms with Crippen LogP contribution in [0.3, 0.4) is 0 Å². The zero-order chi connectivity index (χ0) is 23.6. The van der Waals surface area contributed by atoms with Crippen LogP contribution in [0.15, 0.2) is 24.3 Å². The topological polar surface area (TPSA) is 91.0 Å². The highest BCUT2D eigenvalue weighted by Crippen LogP contribution is 2.30. The largest absolute Gasteiger partial charge is 0.444 e. The third-order valence-electron chi connectivity index (χ3n) is 6.68. The molecule has 3 saturated heterocycles. The number of nitrogens with zero attached hydrogens (tertiary/aromatic N) is 2. The van der Waals surface area contributed by atoms with E-state index in [2.05, 4.69) is 32.6 Å². The van der Waals surface area contributed by atoms with Gasteiger partial charge >= 0.3 is 6.09 Å². The highest BCUT2D eigenvalue weighted by molar-refractivity contribution is 6.00. The molecule has 3 heterocycles. The van der Waals surface area contributed by atoms with Crippen molar-refractivity contribution >= 4 is 23.6 Å². The van der Waals surface area contributed by atoms with Crippen LogP contribution in [0.2, 0.25) is 0 Å². The number of hydrogen-bond donors (Lipinski definition) is 2. The minimum absolute atomic E-state index is 0.178. The minimum atomic E-state index is -0.466. The molecule has 1 aromatic carbocycles. The molecule has 4 rings (SSSR count). The van der Waals surface area contributed by atoms with Gasteiger partial charge in [-0.25, -0.2) is 4.79 Å². The van der Waals surface area contributed by atoms with Crippen molar-refractivity contribution in [3.63, 3.8) is 0 Å². The third kappa shape index (κ3) is 6.25. The number of rotatable bonds is 5. The van der Waals surface area contributed by atoms with E-state index < -0.39 is 5.60 Å². The number of hydrogen-bond acceptors (Lipinski definition) is 6. The number of piperidine rings is 2. The van der Waals surface area contributed by atoms with Gasteiger partial charge in [-0.2, -0.15) is 0 Å². The van der Waals surface area contributed by atoms with Crippen LogP contribution in [0.4, 0.5) is 10.5 Å². The fourth-order valence-corrected chi connectivity index (χ4v) is 4.92. The Kier molecular flexibility index (Phi) is 6.93. The third-order valence-corrected chi connectivity index (χ3v) is 6.68. The Morgan fingerprint density at radius 3 is 2.36 bits per heavy atom. The van der Waals surface area contributed by atoms with Gasteiger partial charge in [0.2, 0.25) is 11.8 Å². The lowest BCUT2D eigenvalue weighted by Crippen LogP contribution is -2.53. The standard InChI is InChI=1S/C25H36N4O4/c1-25(2,3)33-24(32)26-19-10-12-28(13-11-19)14-17-15-29(16-17)20-6-4-18(5-7-20)21-8-9-22(30)27-23(21)31/h4-7,17,19,21H,8-16H2,1-3H3,(H,26,32)(H,27,30,31). The Hall–Kier alpha value is -2.61. The van der Waals surface area contributed by atoms with Gasteiger partial charge in [-0.15, -0.1) is 0 Å². The summed E-state index contributed by atoms with van der Waals surface area (Å²) in [5.74, 6) is 0.0555. The number of likely N-dealkylation sites (tertiary alicyclic amines) is 1. The highest BCUT2D eigenvalue weighted by Gasteiger charge is 2.32. The summed E-state index contributed by atoms with van der Waals surface area (Å²) in [5.41, 5.74) is 1.69. The number of ether oxygens (including phenoxy) is 1. The number of alkyl carbamates (subject to hydrolysis) is 1. The molecule has 8 nitrogen and oxygen atoms in total. The molecule has 0 spiro atoms. The van der Waals surface area contributed by atoms with Crippen molar-refractivity contribution in [2.24, 2.45) is 5.92 Å². The summed E-state index contributed by atoms with van der Waals surface area (Å²) in [4.78, 5) is 40.3. The van der Waals surface area contributed by atoms with Crippen LogP contribution in [-0.2, 0) is 14.3 Å². The van der Waals surface area contributed by atoms with E-state index in [9.17, 15) is 14.4 Å². The van der Waals surface area contributed by atoms with Gasteiger partial charge in [0.05, 0.1) is 5.92 Å². The second kappa shape index (κ2) is 9.71. The fraction of sp³-hybridized carbons (Fsp3) is 0.640. The Morgan fingerprint density at radius 1 is 1.09 bits per heavy atom. The molecule has 0 aromatic heterocycles. The quantitative estimate of drug-likeness (QED) is 0.662. The average Bonchev–Trinajstić information content (AvgIpc) is 2.70. The number of nitrogens with one attached hydrogen (secondary N) is 2. The monoisotopic (exact) mass is 456 g/mol. The van der Waals surface area contributed by atoms with E-state index in [0.717, 1.165) is 51.1 Å². The van der Waals surface area contributed by atoms with Crippen LogP contribution in [-0.4, -0.2) is 67.2 Å². The number of carbonyl (C=O) groups is 3. The van der Waals surface area contributed by atoms with Crippen LogP contribution in [0.5, 0.6) is 0 Å². The van der Waals surface area contributed by atoms with Gasteiger partial charge in [0.15, 0.2) is 0 Å². The number of imide groups is 1. The maximum atomic E-state index is 12.1. The lowest BCUT2D eigenvalue weighted by Gasteiger charge is -2.44. The summed E-state index contributed by atoms with van der Waals surface area (Å²) in [6, 6.07) is 8.40. The maximum absolute atomic E-state index is 12.1. The normalized spacial score (nSPS) is 23.1. The summed E-state index contributed by atoms with van der Waals surface area (Å²) >= 11 is 0. The lowest BCUT2D eigenvalue weighted by molar-refractivity contribution is -0.134. The molecule has 8 heteroatoms. The van der Waals surface area contributed by atoms with Crippen LogP contribution in [0.25, 0.3) is 0 Å². The molecule has 180 valence electrons. The number of anilines is 1. The summed E-state index contributed by atoms with van der Waals surface area (Å²) < 4.78 is 5.36. The van der Waals surface area contributed by atoms with E-state index in [0.29, 0.717) is 18.8 Å². The Labute approximate surface area is 196 Å². The van der Waals surface area contributed by atoms with E-state index >= 15 is 0 Å². The average molecular weight is 457 g/mol. The number of amides is 3. The molecule has 33 heavy (non-hydrogen) atoms. The van der Waals surface area contributed by atoms with Crippen molar-refractivity contribution in [3.8, 4) is 0 Å². The molecule has 0 saturated carbocycles. The van der Waals surface area contributed by atoms with Gasteiger partial charge in [-0.05, 0) is 57.7 Å². The minimum Gasteiger partial charge on any atom is -0.444 e. The molecule has 0 radical (unpaired) electrons. The van der Waals surface area contributed by atoms with Gasteiger partial charge in [0, 0.05) is 56.8 Å². The first-order valence-electron chi connectivity index (χ1n) is 12.1. The molecule has 2 N–H and O–H groups in total. The number of benzene rings is 1. The van der Waals surface area contributed by atoms with E-state index in [4.69, 9.17) is 4.74 Å². The van der Waals surface area contributed by atoms with Crippen LogP contribution in [0.1, 0.15) is 57.9 Å². The Morgan fingerprint density at radius 2 is 1.76 bits per heavy atom. The van der Waals surface area contributed by atoms with Gasteiger partial charge in [-0.1, -0.05) is 12.1 Å². The lowest BCUT2D eigenvalue weighted by atomic mass is 9.90. The Bertz CT molecular complexity index is 865. The zero-order valence-corrected chi connectivity index (χ0v) is 19.9. The fourth-order valence-electron chi connectivity index (χ4n) is 4.92. The maximum Gasteiger partial charge on any atom is 0.407 e. The Balaban J connectivity index is 1.17. The first-order chi connectivity index (χ1) is 15.7. The van der Waals surface area contributed by atoms with Gasteiger partial charge in [-0.3, -0.25) is 14.9 Å². The van der Waals surface area contributed by atoms with Gasteiger partial charge in [0.25, 0.3) is 0 Å². The molecule has 3 fully saturated rings. The van der Waals surface area contributed by atoms with Crippen LogP contribution < -0.4 is 15.5 Å². The van der Waals surface area contributed by atoms with E-state index in [1.807, 2.05) is 32.9 Å². The highest BCUT2D eigenvalue weighted by atomic mass is 16.6. The number of carbonyl (C=O) groups excluding carboxylic acids is 3. The van der Waals surface area contributed by atoms with Crippen LogP contribution >= 0.6 is 0 Å². The molecule has 1 unspecified atom stereocenters.